The van der Waals surface area contributed by atoms with Crippen molar-refractivity contribution in [3.8, 4) is 5.69 Å². The summed E-state index contributed by atoms with van der Waals surface area (Å²) in [5.41, 5.74) is 2.34. The third kappa shape index (κ3) is 3.58. The van der Waals surface area contributed by atoms with Gasteiger partial charge in [0.25, 0.3) is 0 Å². The van der Waals surface area contributed by atoms with E-state index in [1.165, 1.54) is 5.56 Å². The molecule has 0 aliphatic rings. The second kappa shape index (κ2) is 6.37. The van der Waals surface area contributed by atoms with Crippen molar-refractivity contribution in [2.75, 3.05) is 0 Å². The van der Waals surface area contributed by atoms with Crippen molar-refractivity contribution in [3.05, 3.63) is 67.0 Å². The highest BCUT2D eigenvalue weighted by Gasteiger charge is 2.03. The van der Waals surface area contributed by atoms with Crippen LogP contribution >= 0.6 is 0 Å². The summed E-state index contributed by atoms with van der Waals surface area (Å²) in [6.07, 6.45) is 9.37. The van der Waals surface area contributed by atoms with Gasteiger partial charge < -0.3 is 9.88 Å². The van der Waals surface area contributed by atoms with Gasteiger partial charge >= 0.3 is 0 Å². The largest absolute Gasteiger partial charge is 0.336 e. The fourth-order valence-electron chi connectivity index (χ4n) is 2.30. The first kappa shape index (κ1) is 13.6. The Balaban J connectivity index is 1.59. The summed E-state index contributed by atoms with van der Waals surface area (Å²) in [4.78, 5) is 4.06. The predicted molar refractivity (Wildman–Crippen MR) is 82.1 cm³/mol. The first-order valence-electron chi connectivity index (χ1n) is 7.09. The van der Waals surface area contributed by atoms with E-state index in [4.69, 9.17) is 0 Å². The molecule has 0 aliphatic heterocycles. The molecule has 1 N–H and O–H groups in total. The second-order valence-corrected chi connectivity index (χ2v) is 5.16. The lowest BCUT2D eigenvalue weighted by Crippen LogP contribution is -2.29. The molecule has 3 aromatic rings. The van der Waals surface area contributed by atoms with Gasteiger partial charge in [-0.05, 0) is 30.7 Å². The molecular weight excluding hydrogens is 262 g/mol. The van der Waals surface area contributed by atoms with Crippen LogP contribution in [0.2, 0.25) is 0 Å². The van der Waals surface area contributed by atoms with Crippen molar-refractivity contribution in [1.29, 1.82) is 0 Å². The van der Waals surface area contributed by atoms with Crippen molar-refractivity contribution >= 4 is 0 Å². The summed E-state index contributed by atoms with van der Waals surface area (Å²) < 4.78 is 3.95. The molecule has 0 spiro atoms. The molecule has 0 radical (unpaired) electrons. The summed E-state index contributed by atoms with van der Waals surface area (Å²) in [5, 5.41) is 7.79. The lowest BCUT2D eigenvalue weighted by atomic mass is 10.2. The van der Waals surface area contributed by atoms with Crippen LogP contribution in [-0.4, -0.2) is 25.4 Å². The molecule has 0 saturated heterocycles. The minimum Gasteiger partial charge on any atom is -0.336 e. The molecule has 0 amide bonds. The number of benzene rings is 1. The Morgan fingerprint density at radius 3 is 2.90 bits per heavy atom. The molecule has 1 aromatic carbocycles. The first-order valence-corrected chi connectivity index (χ1v) is 7.09. The highest BCUT2D eigenvalue weighted by molar-refractivity contribution is 5.34. The van der Waals surface area contributed by atoms with E-state index in [-0.39, 0.29) is 0 Å². The topological polar surface area (TPSA) is 47.7 Å². The molecule has 2 heterocycles. The van der Waals surface area contributed by atoms with E-state index in [1.54, 1.807) is 12.4 Å². The van der Waals surface area contributed by atoms with Crippen LogP contribution in [0.3, 0.4) is 0 Å². The molecule has 5 nitrogen and oxygen atoms in total. The lowest BCUT2D eigenvalue weighted by Gasteiger charge is -2.14. The van der Waals surface area contributed by atoms with E-state index in [9.17, 15) is 0 Å². The van der Waals surface area contributed by atoms with Gasteiger partial charge in [0.1, 0.15) is 0 Å². The average molecular weight is 281 g/mol. The number of aromatic nitrogens is 4. The van der Waals surface area contributed by atoms with Gasteiger partial charge in [0.2, 0.25) is 0 Å². The van der Waals surface area contributed by atoms with Crippen LogP contribution in [0.25, 0.3) is 5.69 Å². The van der Waals surface area contributed by atoms with Gasteiger partial charge in [-0.1, -0.05) is 12.1 Å². The van der Waals surface area contributed by atoms with Crippen molar-refractivity contribution in [2.24, 2.45) is 0 Å². The zero-order chi connectivity index (χ0) is 14.5. The highest BCUT2D eigenvalue weighted by atomic mass is 15.3. The van der Waals surface area contributed by atoms with E-state index in [0.29, 0.717) is 6.04 Å². The van der Waals surface area contributed by atoms with E-state index < -0.39 is 0 Å². The maximum absolute atomic E-state index is 4.26. The van der Waals surface area contributed by atoms with Crippen LogP contribution in [0.5, 0.6) is 0 Å². The molecule has 0 fully saturated rings. The smallest absolute Gasteiger partial charge is 0.0946 e. The van der Waals surface area contributed by atoms with Crippen molar-refractivity contribution < 1.29 is 0 Å². The van der Waals surface area contributed by atoms with Crippen LogP contribution in [-0.2, 0) is 13.1 Å². The minimum absolute atomic E-state index is 0.382. The van der Waals surface area contributed by atoms with Gasteiger partial charge in [-0.2, -0.15) is 5.10 Å². The van der Waals surface area contributed by atoms with Gasteiger partial charge in [-0.25, -0.2) is 9.67 Å². The number of rotatable bonds is 6. The van der Waals surface area contributed by atoms with E-state index in [0.717, 1.165) is 18.8 Å². The molecule has 5 heteroatoms. The second-order valence-electron chi connectivity index (χ2n) is 5.16. The molecule has 0 aliphatic carbocycles. The van der Waals surface area contributed by atoms with Crippen LogP contribution in [0.4, 0.5) is 0 Å². The van der Waals surface area contributed by atoms with Gasteiger partial charge in [0, 0.05) is 43.9 Å². The average Bonchev–Trinajstić information content (AvgIpc) is 3.19. The van der Waals surface area contributed by atoms with Crippen molar-refractivity contribution in [3.63, 3.8) is 0 Å². The third-order valence-electron chi connectivity index (χ3n) is 3.38. The van der Waals surface area contributed by atoms with Gasteiger partial charge in [0.15, 0.2) is 0 Å². The molecule has 108 valence electrons. The van der Waals surface area contributed by atoms with E-state index in [1.807, 2.05) is 29.5 Å². The van der Waals surface area contributed by atoms with Gasteiger partial charge in [-0.15, -0.1) is 0 Å². The van der Waals surface area contributed by atoms with Crippen molar-refractivity contribution in [1.82, 2.24) is 24.6 Å². The Morgan fingerprint density at radius 2 is 2.14 bits per heavy atom. The molecule has 3 rings (SSSR count). The van der Waals surface area contributed by atoms with Gasteiger partial charge in [0.05, 0.1) is 12.0 Å². The fraction of sp³-hybridized carbons (Fsp3) is 0.250. The van der Waals surface area contributed by atoms with Crippen LogP contribution in [0.15, 0.2) is 61.4 Å². The maximum Gasteiger partial charge on any atom is 0.0946 e. The molecule has 2 aromatic heterocycles. The summed E-state index contributed by atoms with van der Waals surface area (Å²) >= 11 is 0. The standard InChI is InChI=1S/C16H19N5/c1-14(12-20-9-7-17-13-20)18-11-15-4-2-5-16(10-15)21-8-3-6-19-21/h2-10,13-14,18H,11-12H2,1H3/t14-/m0/s1. The lowest BCUT2D eigenvalue weighted by molar-refractivity contribution is 0.476. The molecule has 0 saturated carbocycles. The molecule has 21 heavy (non-hydrogen) atoms. The number of nitrogens with one attached hydrogen (secondary N) is 1. The number of imidazole rings is 1. The Bertz CT molecular complexity index is 658. The van der Waals surface area contributed by atoms with E-state index >= 15 is 0 Å². The zero-order valence-corrected chi connectivity index (χ0v) is 12.1. The maximum atomic E-state index is 4.26. The monoisotopic (exact) mass is 281 g/mol. The number of hydrogen-bond acceptors (Lipinski definition) is 3. The zero-order valence-electron chi connectivity index (χ0n) is 12.1. The SMILES string of the molecule is C[C@@H](Cn1ccnc1)NCc1cccc(-n2cccn2)c1. The van der Waals surface area contributed by atoms with Crippen LogP contribution in [0.1, 0.15) is 12.5 Å². The Labute approximate surface area is 124 Å². The fourth-order valence-corrected chi connectivity index (χ4v) is 2.30. The Morgan fingerprint density at radius 1 is 1.19 bits per heavy atom. The first-order chi connectivity index (χ1) is 10.3. The molecule has 0 bridgehead atoms. The third-order valence-corrected chi connectivity index (χ3v) is 3.38. The van der Waals surface area contributed by atoms with E-state index in [2.05, 4.69) is 51.2 Å². The highest BCUT2D eigenvalue weighted by Crippen LogP contribution is 2.09. The van der Waals surface area contributed by atoms with Crippen molar-refractivity contribution in [2.45, 2.75) is 26.1 Å². The summed E-state index contributed by atoms with van der Waals surface area (Å²) in [7, 11) is 0. The normalized spacial score (nSPS) is 12.4. The summed E-state index contributed by atoms with van der Waals surface area (Å²) in [6, 6.07) is 10.7. The minimum atomic E-state index is 0.382. The van der Waals surface area contributed by atoms with Crippen LogP contribution < -0.4 is 5.32 Å². The predicted octanol–water partition coefficient (Wildman–Crippen LogP) is 2.25. The quantitative estimate of drug-likeness (QED) is 0.754. The van der Waals surface area contributed by atoms with Gasteiger partial charge in [-0.3, -0.25) is 0 Å². The molecule has 1 atom stereocenters. The number of nitrogens with zero attached hydrogens (tertiary/aromatic N) is 4. The summed E-state index contributed by atoms with van der Waals surface area (Å²) in [6.45, 7) is 3.93. The summed E-state index contributed by atoms with van der Waals surface area (Å²) in [5.74, 6) is 0. The Kier molecular flexibility index (Phi) is 4.12. The molecule has 0 unspecified atom stereocenters. The number of hydrogen-bond donors (Lipinski definition) is 1. The molecular formula is C16H19N5. The van der Waals surface area contributed by atoms with Crippen LogP contribution in [0, 0.1) is 0 Å². The Hall–Kier alpha value is -2.40.